The second-order valence-electron chi connectivity index (χ2n) is 4.83. The van der Waals surface area contributed by atoms with E-state index in [0.717, 1.165) is 28.2 Å². The molecule has 1 amide bonds. The number of carboxylic acid groups (broad SMARTS) is 1. The van der Waals surface area contributed by atoms with Crippen molar-refractivity contribution < 1.29 is 14.7 Å². The van der Waals surface area contributed by atoms with E-state index in [1.54, 1.807) is 6.92 Å². The molecule has 0 saturated carbocycles. The molecule has 0 radical (unpaired) electrons. The molecule has 110 valence electrons. The van der Waals surface area contributed by atoms with Gasteiger partial charge in [-0.25, -0.2) is 4.98 Å². The van der Waals surface area contributed by atoms with Crippen molar-refractivity contribution in [3.63, 3.8) is 0 Å². The van der Waals surface area contributed by atoms with Crippen molar-refractivity contribution in [1.82, 2.24) is 4.98 Å². The van der Waals surface area contributed by atoms with Crippen LogP contribution < -0.4 is 10.4 Å². The first kappa shape index (κ1) is 15.2. The average molecular weight is 303 g/mol. The Hall–Kier alpha value is -2.21. The third-order valence-electron chi connectivity index (χ3n) is 3.13. The zero-order valence-electron chi connectivity index (χ0n) is 12.0. The molecule has 0 spiro atoms. The average Bonchev–Trinajstić information content (AvgIpc) is 2.75. The molecule has 6 heteroatoms. The van der Waals surface area contributed by atoms with E-state index in [0.29, 0.717) is 10.7 Å². The summed E-state index contributed by atoms with van der Waals surface area (Å²) in [7, 11) is 0. The predicted octanol–water partition coefficient (Wildman–Crippen LogP) is 1.61. The zero-order chi connectivity index (χ0) is 15.6. The van der Waals surface area contributed by atoms with Crippen LogP contribution in [-0.2, 0) is 11.2 Å². The highest BCUT2D eigenvalue weighted by molar-refractivity contribution is 7.13. The number of amides is 1. The van der Waals surface area contributed by atoms with Crippen molar-refractivity contribution in [2.24, 2.45) is 0 Å². The first-order chi connectivity index (χ1) is 9.86. The first-order valence-electron chi connectivity index (χ1n) is 6.41. The van der Waals surface area contributed by atoms with Crippen molar-refractivity contribution in [3.05, 3.63) is 44.9 Å². The molecule has 2 rings (SSSR count). The van der Waals surface area contributed by atoms with E-state index in [1.807, 2.05) is 32.0 Å². The minimum Gasteiger partial charge on any atom is -0.544 e. The van der Waals surface area contributed by atoms with Crippen molar-refractivity contribution in [3.8, 4) is 0 Å². The molecule has 0 atom stereocenters. The van der Waals surface area contributed by atoms with Gasteiger partial charge < -0.3 is 15.2 Å². The van der Waals surface area contributed by atoms with Gasteiger partial charge in [-0.1, -0.05) is 6.07 Å². The number of thiazole rings is 1. The van der Waals surface area contributed by atoms with E-state index in [2.05, 4.69) is 10.3 Å². The number of hydrogen-bond acceptors (Lipinski definition) is 5. The van der Waals surface area contributed by atoms with Gasteiger partial charge in [-0.05, 0) is 44.0 Å². The van der Waals surface area contributed by atoms with Gasteiger partial charge in [0, 0.05) is 5.69 Å². The lowest BCUT2D eigenvalue weighted by Gasteiger charge is -2.06. The maximum Gasteiger partial charge on any atom is 0.231 e. The number of carbonyl (C=O) groups is 2. The van der Waals surface area contributed by atoms with Crippen molar-refractivity contribution in [2.45, 2.75) is 27.2 Å². The Bertz CT molecular complexity index is 707. The summed E-state index contributed by atoms with van der Waals surface area (Å²) in [5.41, 5.74) is 3.35. The van der Waals surface area contributed by atoms with Crippen LogP contribution in [0.5, 0.6) is 0 Å². The highest BCUT2D eigenvalue weighted by Crippen LogP contribution is 2.19. The van der Waals surface area contributed by atoms with E-state index >= 15 is 0 Å². The van der Waals surface area contributed by atoms with Gasteiger partial charge in [0.2, 0.25) is 5.91 Å². The number of rotatable bonds is 4. The maximum absolute atomic E-state index is 12.0. The van der Waals surface area contributed by atoms with Gasteiger partial charge in [-0.15, -0.1) is 11.3 Å². The standard InChI is InChI=1S/C15H16N2O3S/c1-8-4-5-11(6-9(8)2)17-12(18)7-13-16-10(3)14(21-13)15(19)20/h4-6H,7H2,1-3H3,(H,17,18)(H,19,20)/p-1. The number of hydrogen-bond donors (Lipinski definition) is 1. The molecule has 0 fully saturated rings. The molecule has 0 aliphatic carbocycles. The molecule has 2 aromatic rings. The van der Waals surface area contributed by atoms with Crippen LogP contribution >= 0.6 is 11.3 Å². The molecule has 1 heterocycles. The fraction of sp³-hybridized carbons (Fsp3) is 0.267. The SMILES string of the molecule is Cc1ccc(NC(=O)Cc2nc(C)c(C(=O)[O-])s2)cc1C. The molecule has 0 saturated heterocycles. The lowest BCUT2D eigenvalue weighted by atomic mass is 10.1. The summed E-state index contributed by atoms with van der Waals surface area (Å²) >= 11 is 0.978. The second kappa shape index (κ2) is 6.05. The Balaban J connectivity index is 2.06. The van der Waals surface area contributed by atoms with E-state index in [1.165, 1.54) is 0 Å². The van der Waals surface area contributed by atoms with E-state index in [-0.39, 0.29) is 17.2 Å². The Morgan fingerprint density at radius 3 is 2.52 bits per heavy atom. The zero-order valence-corrected chi connectivity index (χ0v) is 12.8. The van der Waals surface area contributed by atoms with Crippen LogP contribution in [0.2, 0.25) is 0 Å². The largest absolute Gasteiger partial charge is 0.544 e. The molecule has 21 heavy (non-hydrogen) atoms. The summed E-state index contributed by atoms with van der Waals surface area (Å²) in [5.74, 6) is -1.48. The van der Waals surface area contributed by atoms with Crippen LogP contribution in [0, 0.1) is 20.8 Å². The van der Waals surface area contributed by atoms with Gasteiger partial charge in [0.25, 0.3) is 0 Å². The van der Waals surface area contributed by atoms with Crippen molar-refractivity contribution >= 4 is 28.9 Å². The molecule has 1 aromatic carbocycles. The number of nitrogens with zero attached hydrogens (tertiary/aromatic N) is 1. The number of anilines is 1. The summed E-state index contributed by atoms with van der Waals surface area (Å²) in [6.07, 6.45) is 0.0473. The van der Waals surface area contributed by atoms with Gasteiger partial charge in [-0.3, -0.25) is 4.79 Å². The first-order valence-corrected chi connectivity index (χ1v) is 7.23. The molecule has 0 bridgehead atoms. The topological polar surface area (TPSA) is 82.1 Å². The summed E-state index contributed by atoms with van der Waals surface area (Å²) in [6, 6.07) is 5.67. The van der Waals surface area contributed by atoms with E-state index < -0.39 is 5.97 Å². The number of nitrogens with one attached hydrogen (secondary N) is 1. The molecule has 0 aliphatic heterocycles. The Morgan fingerprint density at radius 2 is 1.95 bits per heavy atom. The van der Waals surface area contributed by atoms with Crippen molar-refractivity contribution in [2.75, 3.05) is 5.32 Å². The Labute approximate surface area is 126 Å². The Morgan fingerprint density at radius 1 is 1.24 bits per heavy atom. The lowest BCUT2D eigenvalue weighted by Crippen LogP contribution is -2.21. The number of aromatic nitrogens is 1. The monoisotopic (exact) mass is 303 g/mol. The number of aromatic carboxylic acids is 1. The van der Waals surface area contributed by atoms with Gasteiger partial charge in [0.15, 0.2) is 0 Å². The predicted molar refractivity (Wildman–Crippen MR) is 79.4 cm³/mol. The third-order valence-corrected chi connectivity index (χ3v) is 4.27. The molecule has 5 nitrogen and oxygen atoms in total. The maximum atomic E-state index is 12.0. The fourth-order valence-corrected chi connectivity index (χ4v) is 2.78. The minimum atomic E-state index is -1.26. The van der Waals surface area contributed by atoms with Gasteiger partial charge in [-0.2, -0.15) is 0 Å². The molecule has 0 aliphatic rings. The number of carbonyl (C=O) groups excluding carboxylic acids is 2. The molecular formula is C15H15N2O3S-. The number of carboxylic acids is 1. The normalized spacial score (nSPS) is 10.4. The smallest absolute Gasteiger partial charge is 0.231 e. The van der Waals surface area contributed by atoms with Gasteiger partial charge >= 0.3 is 0 Å². The summed E-state index contributed by atoms with van der Waals surface area (Å²) in [6.45, 7) is 5.56. The minimum absolute atomic E-state index is 0.0473. The third kappa shape index (κ3) is 3.66. The second-order valence-corrected chi connectivity index (χ2v) is 5.92. The van der Waals surface area contributed by atoms with Crippen LogP contribution in [-0.4, -0.2) is 16.9 Å². The molecule has 1 aromatic heterocycles. The molecular weight excluding hydrogens is 288 g/mol. The van der Waals surface area contributed by atoms with Gasteiger partial charge in [0.1, 0.15) is 5.01 Å². The lowest BCUT2D eigenvalue weighted by molar-refractivity contribution is -0.254. The van der Waals surface area contributed by atoms with E-state index in [4.69, 9.17) is 0 Å². The van der Waals surface area contributed by atoms with Crippen molar-refractivity contribution in [1.29, 1.82) is 0 Å². The number of benzene rings is 1. The summed E-state index contributed by atoms with van der Waals surface area (Å²) in [4.78, 5) is 27.0. The summed E-state index contributed by atoms with van der Waals surface area (Å²) in [5, 5.41) is 14.1. The van der Waals surface area contributed by atoms with Crippen LogP contribution in [0.3, 0.4) is 0 Å². The van der Waals surface area contributed by atoms with Crippen LogP contribution in [0.25, 0.3) is 0 Å². The highest BCUT2D eigenvalue weighted by atomic mass is 32.1. The summed E-state index contributed by atoms with van der Waals surface area (Å²) < 4.78 is 0. The number of aryl methyl sites for hydroxylation is 3. The quantitative estimate of drug-likeness (QED) is 0.930. The van der Waals surface area contributed by atoms with Crippen LogP contribution in [0.4, 0.5) is 5.69 Å². The van der Waals surface area contributed by atoms with Crippen LogP contribution in [0.15, 0.2) is 18.2 Å². The molecule has 0 unspecified atom stereocenters. The fourth-order valence-electron chi connectivity index (χ4n) is 1.88. The van der Waals surface area contributed by atoms with E-state index in [9.17, 15) is 14.7 Å². The molecule has 1 N–H and O–H groups in total. The van der Waals surface area contributed by atoms with Crippen LogP contribution in [0.1, 0.15) is 31.5 Å². The van der Waals surface area contributed by atoms with Gasteiger partial charge in [0.05, 0.1) is 23.0 Å². The highest BCUT2D eigenvalue weighted by Gasteiger charge is 2.12. The Kier molecular flexibility index (Phi) is 4.37.